The van der Waals surface area contributed by atoms with Crippen molar-refractivity contribution in [3.8, 4) is 6.19 Å². The SMILES string of the molecule is Cc1cccc(CC([S-])=NC#N)c1.[Na+]. The standard InChI is InChI=1S/C10H10N2S.Na/c1-8-3-2-4-9(5-8)6-10(13)12-7-11;/h2-5H,6H2,1H3,(H,12,13);/q;+1/p-1. The summed E-state index contributed by atoms with van der Waals surface area (Å²) in [6.07, 6.45) is 2.26. The third-order valence-electron chi connectivity index (χ3n) is 1.61. The third kappa shape index (κ3) is 4.73. The van der Waals surface area contributed by atoms with Gasteiger partial charge in [-0.15, -0.1) is 0 Å². The topological polar surface area (TPSA) is 36.1 Å². The van der Waals surface area contributed by atoms with Crippen molar-refractivity contribution in [1.29, 1.82) is 5.26 Å². The van der Waals surface area contributed by atoms with Crippen molar-refractivity contribution >= 4 is 17.7 Å². The molecule has 0 amide bonds. The zero-order chi connectivity index (χ0) is 9.68. The molecule has 0 aliphatic heterocycles. The first-order chi connectivity index (χ1) is 6.22. The summed E-state index contributed by atoms with van der Waals surface area (Å²) >= 11 is 4.89. The van der Waals surface area contributed by atoms with Crippen molar-refractivity contribution in [3.05, 3.63) is 35.4 Å². The molecular weight excluding hydrogens is 203 g/mol. The molecule has 0 aromatic heterocycles. The van der Waals surface area contributed by atoms with Crippen LogP contribution in [0.2, 0.25) is 0 Å². The summed E-state index contributed by atoms with van der Waals surface area (Å²) in [4.78, 5) is 3.49. The minimum atomic E-state index is 0. The predicted molar refractivity (Wildman–Crippen MR) is 55.3 cm³/mol. The van der Waals surface area contributed by atoms with E-state index < -0.39 is 0 Å². The Morgan fingerprint density at radius 1 is 1.57 bits per heavy atom. The van der Waals surface area contributed by atoms with Crippen LogP contribution in [0.4, 0.5) is 0 Å². The van der Waals surface area contributed by atoms with Gasteiger partial charge in [-0.1, -0.05) is 34.9 Å². The zero-order valence-corrected chi connectivity index (χ0v) is 11.1. The van der Waals surface area contributed by atoms with Crippen LogP contribution < -0.4 is 29.6 Å². The van der Waals surface area contributed by atoms with E-state index in [-0.39, 0.29) is 29.6 Å². The molecule has 66 valence electrons. The summed E-state index contributed by atoms with van der Waals surface area (Å²) in [5.41, 5.74) is 2.29. The second kappa shape index (κ2) is 6.97. The van der Waals surface area contributed by atoms with Gasteiger partial charge in [-0.3, -0.25) is 0 Å². The Kier molecular flexibility index (Phi) is 6.77. The summed E-state index contributed by atoms with van der Waals surface area (Å²) in [5.74, 6) is 0. The van der Waals surface area contributed by atoms with Gasteiger partial charge in [-0.25, -0.2) is 4.99 Å². The first kappa shape index (κ1) is 13.6. The van der Waals surface area contributed by atoms with Crippen LogP contribution in [0.3, 0.4) is 0 Å². The van der Waals surface area contributed by atoms with Gasteiger partial charge in [-0.2, -0.15) is 5.26 Å². The molecule has 1 aromatic carbocycles. The number of nitriles is 1. The molecule has 0 aliphatic rings. The molecular formula is C10H9N2NaS. The fourth-order valence-electron chi connectivity index (χ4n) is 1.09. The largest absolute Gasteiger partial charge is 1.00 e. The normalized spacial score (nSPS) is 10.1. The van der Waals surface area contributed by atoms with Crippen molar-refractivity contribution in [3.63, 3.8) is 0 Å². The van der Waals surface area contributed by atoms with Crippen LogP contribution in [0.5, 0.6) is 0 Å². The van der Waals surface area contributed by atoms with E-state index in [1.807, 2.05) is 31.2 Å². The van der Waals surface area contributed by atoms with Crippen LogP contribution >= 0.6 is 0 Å². The van der Waals surface area contributed by atoms with E-state index in [0.717, 1.165) is 5.56 Å². The van der Waals surface area contributed by atoms with Gasteiger partial charge in [0.15, 0.2) is 0 Å². The molecule has 0 fully saturated rings. The first-order valence-electron chi connectivity index (χ1n) is 3.90. The molecule has 4 heteroatoms. The number of benzene rings is 1. The quantitative estimate of drug-likeness (QED) is 0.207. The second-order valence-electron chi connectivity index (χ2n) is 2.77. The summed E-state index contributed by atoms with van der Waals surface area (Å²) in [6.45, 7) is 2.02. The van der Waals surface area contributed by atoms with Crippen molar-refractivity contribution in [2.24, 2.45) is 4.99 Å². The molecule has 0 heterocycles. The van der Waals surface area contributed by atoms with Gasteiger partial charge < -0.3 is 12.6 Å². The second-order valence-corrected chi connectivity index (χ2v) is 3.24. The smallest absolute Gasteiger partial charge is 0.763 e. The fourth-order valence-corrected chi connectivity index (χ4v) is 1.30. The van der Waals surface area contributed by atoms with Gasteiger partial charge in [0.2, 0.25) is 6.19 Å². The van der Waals surface area contributed by atoms with Crippen molar-refractivity contribution in [2.75, 3.05) is 0 Å². The number of hydrogen-bond donors (Lipinski definition) is 0. The third-order valence-corrected chi connectivity index (χ3v) is 1.85. The van der Waals surface area contributed by atoms with Crippen molar-refractivity contribution in [2.45, 2.75) is 13.3 Å². The number of hydrogen-bond acceptors (Lipinski definition) is 3. The molecule has 0 aliphatic carbocycles. The molecule has 2 nitrogen and oxygen atoms in total. The van der Waals surface area contributed by atoms with Crippen LogP contribution in [-0.4, -0.2) is 5.04 Å². The Labute approximate surface area is 112 Å². The van der Waals surface area contributed by atoms with Gasteiger partial charge >= 0.3 is 29.6 Å². The van der Waals surface area contributed by atoms with Gasteiger partial charge in [0, 0.05) is 0 Å². The number of nitrogens with zero attached hydrogens (tertiary/aromatic N) is 2. The average Bonchev–Trinajstić information content (AvgIpc) is 2.04. The van der Waals surface area contributed by atoms with Crippen LogP contribution in [0, 0.1) is 18.4 Å². The molecule has 0 saturated heterocycles. The van der Waals surface area contributed by atoms with E-state index in [1.54, 1.807) is 6.19 Å². The van der Waals surface area contributed by atoms with Gasteiger partial charge in [0.05, 0.1) is 0 Å². The molecule has 0 bridgehead atoms. The minimum Gasteiger partial charge on any atom is -0.763 e. The van der Waals surface area contributed by atoms with Crippen LogP contribution in [-0.2, 0) is 19.0 Å². The number of aryl methyl sites for hydroxylation is 1. The van der Waals surface area contributed by atoms with Crippen molar-refractivity contribution in [1.82, 2.24) is 0 Å². The van der Waals surface area contributed by atoms with Gasteiger partial charge in [0.25, 0.3) is 0 Å². The Bertz CT molecular complexity index is 369. The molecule has 0 N–H and O–H groups in total. The van der Waals surface area contributed by atoms with E-state index in [1.165, 1.54) is 5.56 Å². The van der Waals surface area contributed by atoms with Gasteiger partial charge in [-0.05, 0) is 18.9 Å². The summed E-state index contributed by atoms with van der Waals surface area (Å²) in [7, 11) is 0. The number of aliphatic imine (C=N–C) groups is 1. The van der Waals surface area contributed by atoms with Crippen LogP contribution in [0.25, 0.3) is 0 Å². The molecule has 0 atom stereocenters. The molecule has 0 saturated carbocycles. The van der Waals surface area contributed by atoms with E-state index in [4.69, 9.17) is 17.9 Å². The molecule has 1 rings (SSSR count). The Balaban J connectivity index is 0.00000169. The maximum Gasteiger partial charge on any atom is 1.00 e. The van der Waals surface area contributed by atoms with Crippen LogP contribution in [0.1, 0.15) is 11.1 Å². The fraction of sp³-hybridized carbons (Fsp3) is 0.200. The molecule has 14 heavy (non-hydrogen) atoms. The predicted octanol–water partition coefficient (Wildman–Crippen LogP) is -1.03. The summed E-state index contributed by atoms with van der Waals surface area (Å²) in [6, 6.07) is 8.01. The van der Waals surface area contributed by atoms with E-state index >= 15 is 0 Å². The molecule has 0 spiro atoms. The van der Waals surface area contributed by atoms with Crippen molar-refractivity contribution < 1.29 is 29.6 Å². The summed E-state index contributed by atoms with van der Waals surface area (Å²) < 4.78 is 0. The van der Waals surface area contributed by atoms with E-state index in [2.05, 4.69) is 4.99 Å². The zero-order valence-electron chi connectivity index (χ0n) is 8.32. The first-order valence-corrected chi connectivity index (χ1v) is 4.31. The maximum atomic E-state index is 8.27. The molecule has 0 radical (unpaired) electrons. The van der Waals surface area contributed by atoms with E-state index in [0.29, 0.717) is 11.5 Å². The maximum absolute atomic E-state index is 8.27. The Morgan fingerprint density at radius 2 is 2.29 bits per heavy atom. The Hall–Kier alpha value is -0.400. The van der Waals surface area contributed by atoms with Crippen LogP contribution in [0.15, 0.2) is 29.3 Å². The Morgan fingerprint density at radius 3 is 2.86 bits per heavy atom. The van der Waals surface area contributed by atoms with E-state index in [9.17, 15) is 0 Å². The minimum absolute atomic E-state index is 0. The average molecular weight is 212 g/mol. The molecule has 1 aromatic rings. The summed E-state index contributed by atoms with van der Waals surface area (Å²) in [5, 5.41) is 8.70. The number of rotatable bonds is 2. The molecule has 0 unspecified atom stereocenters. The monoisotopic (exact) mass is 212 g/mol. The van der Waals surface area contributed by atoms with Gasteiger partial charge in [0.1, 0.15) is 0 Å².